The summed E-state index contributed by atoms with van der Waals surface area (Å²) in [5.74, 6) is 0. The molecule has 116 valence electrons. The molecule has 0 bridgehead atoms. The number of thiocarbonyl (C=S) groups is 1. The zero-order valence-electron chi connectivity index (χ0n) is 12.6. The van der Waals surface area contributed by atoms with Crippen molar-refractivity contribution in [1.29, 1.82) is 0 Å². The fourth-order valence-electron chi connectivity index (χ4n) is 2.38. The summed E-state index contributed by atoms with van der Waals surface area (Å²) in [7, 11) is 0. The van der Waals surface area contributed by atoms with Gasteiger partial charge < -0.3 is 10.6 Å². The Kier molecular flexibility index (Phi) is 5.40. The molecule has 0 unspecified atom stereocenters. The van der Waals surface area contributed by atoms with E-state index < -0.39 is 0 Å². The van der Waals surface area contributed by atoms with Crippen molar-refractivity contribution in [2.75, 3.05) is 0 Å². The highest BCUT2D eigenvalue weighted by molar-refractivity contribution is 7.80. The monoisotopic (exact) mass is 338 g/mol. The lowest BCUT2D eigenvalue weighted by Crippen LogP contribution is -2.37. The van der Waals surface area contributed by atoms with Gasteiger partial charge in [0.25, 0.3) is 0 Å². The summed E-state index contributed by atoms with van der Waals surface area (Å²) in [6.07, 6.45) is 0. The summed E-state index contributed by atoms with van der Waals surface area (Å²) in [4.78, 5) is 1.25. The Labute approximate surface area is 146 Å². The van der Waals surface area contributed by atoms with Crippen molar-refractivity contribution in [3.8, 4) is 0 Å². The Bertz CT molecular complexity index is 725. The highest BCUT2D eigenvalue weighted by atomic mass is 32.1. The van der Waals surface area contributed by atoms with Gasteiger partial charge in [-0.1, -0.05) is 66.7 Å². The molecule has 0 saturated heterocycles. The van der Waals surface area contributed by atoms with Crippen molar-refractivity contribution in [1.82, 2.24) is 10.6 Å². The van der Waals surface area contributed by atoms with Crippen LogP contribution in [0.1, 0.15) is 22.0 Å². The third-order valence-electron chi connectivity index (χ3n) is 3.53. The maximum atomic E-state index is 5.49. The number of hydrogen-bond acceptors (Lipinski definition) is 2. The second-order valence-electron chi connectivity index (χ2n) is 5.17. The van der Waals surface area contributed by atoms with Gasteiger partial charge in [0.15, 0.2) is 5.11 Å². The fourth-order valence-corrected chi connectivity index (χ4v) is 3.37. The summed E-state index contributed by atoms with van der Waals surface area (Å²) >= 11 is 7.22. The van der Waals surface area contributed by atoms with Crippen LogP contribution in [0, 0.1) is 0 Å². The van der Waals surface area contributed by atoms with Gasteiger partial charge in [-0.3, -0.25) is 0 Å². The highest BCUT2D eigenvalue weighted by Gasteiger charge is 2.15. The molecular formula is C19H18N2S2. The van der Waals surface area contributed by atoms with Crippen LogP contribution >= 0.6 is 23.6 Å². The molecule has 1 aromatic heterocycles. The van der Waals surface area contributed by atoms with Crippen LogP contribution in [0.2, 0.25) is 0 Å². The van der Waals surface area contributed by atoms with E-state index >= 15 is 0 Å². The van der Waals surface area contributed by atoms with Crippen LogP contribution in [0.15, 0.2) is 78.2 Å². The quantitative estimate of drug-likeness (QED) is 0.670. The predicted molar refractivity (Wildman–Crippen MR) is 102 cm³/mol. The zero-order chi connectivity index (χ0) is 15.9. The van der Waals surface area contributed by atoms with Crippen molar-refractivity contribution in [2.24, 2.45) is 0 Å². The first-order valence-electron chi connectivity index (χ1n) is 7.49. The number of benzene rings is 2. The average Bonchev–Trinajstić information content (AvgIpc) is 3.14. The highest BCUT2D eigenvalue weighted by Crippen LogP contribution is 2.25. The Balaban J connectivity index is 1.68. The number of nitrogens with one attached hydrogen (secondary N) is 2. The average molecular weight is 339 g/mol. The Morgan fingerprint density at radius 2 is 1.61 bits per heavy atom. The lowest BCUT2D eigenvalue weighted by Gasteiger charge is -2.20. The molecule has 2 aromatic carbocycles. The third kappa shape index (κ3) is 4.41. The molecule has 0 aliphatic rings. The van der Waals surface area contributed by atoms with Crippen molar-refractivity contribution >= 4 is 28.7 Å². The Hall–Kier alpha value is -2.17. The van der Waals surface area contributed by atoms with Gasteiger partial charge in [0.1, 0.15) is 0 Å². The number of rotatable bonds is 5. The lowest BCUT2D eigenvalue weighted by atomic mass is 10.1. The number of hydrogen-bond donors (Lipinski definition) is 2. The van der Waals surface area contributed by atoms with Gasteiger partial charge in [0.2, 0.25) is 0 Å². The fraction of sp³-hybridized carbons (Fsp3) is 0.105. The van der Waals surface area contributed by atoms with E-state index in [4.69, 9.17) is 12.2 Å². The maximum absolute atomic E-state index is 5.49. The van der Waals surface area contributed by atoms with Crippen LogP contribution in [0.25, 0.3) is 0 Å². The minimum atomic E-state index is 0.0759. The second kappa shape index (κ2) is 7.90. The molecule has 1 heterocycles. The standard InChI is InChI=1S/C19H18N2S2/c22-19(20-14-15-8-3-1-4-9-15)21-18(17-12-7-13-23-17)16-10-5-2-6-11-16/h1-13,18H,14H2,(H2,20,21,22)/t18-/m1/s1. The van der Waals surface area contributed by atoms with Gasteiger partial charge in [-0.15, -0.1) is 11.3 Å². The molecule has 0 aliphatic carbocycles. The Morgan fingerprint density at radius 3 is 2.26 bits per heavy atom. The molecule has 2 N–H and O–H groups in total. The van der Waals surface area contributed by atoms with Crippen molar-refractivity contribution < 1.29 is 0 Å². The van der Waals surface area contributed by atoms with Crippen LogP contribution in [0.4, 0.5) is 0 Å². The molecule has 0 spiro atoms. The molecule has 0 aliphatic heterocycles. The molecule has 0 saturated carbocycles. The van der Waals surface area contributed by atoms with E-state index in [1.54, 1.807) is 11.3 Å². The summed E-state index contributed by atoms with van der Waals surface area (Å²) in [6.45, 7) is 0.721. The van der Waals surface area contributed by atoms with Gasteiger partial charge in [0.05, 0.1) is 6.04 Å². The molecule has 23 heavy (non-hydrogen) atoms. The van der Waals surface area contributed by atoms with Crippen molar-refractivity contribution in [3.05, 3.63) is 94.2 Å². The van der Waals surface area contributed by atoms with E-state index in [1.807, 2.05) is 24.3 Å². The predicted octanol–water partition coefficient (Wildman–Crippen LogP) is 4.50. The second-order valence-corrected chi connectivity index (χ2v) is 6.56. The molecule has 3 rings (SSSR count). The first-order valence-corrected chi connectivity index (χ1v) is 8.78. The van der Waals surface area contributed by atoms with Crippen LogP contribution in [0.5, 0.6) is 0 Å². The van der Waals surface area contributed by atoms with Crippen molar-refractivity contribution in [2.45, 2.75) is 12.6 Å². The third-order valence-corrected chi connectivity index (χ3v) is 4.73. The Morgan fingerprint density at radius 1 is 0.913 bits per heavy atom. The molecule has 4 heteroatoms. The van der Waals surface area contributed by atoms with E-state index in [0.29, 0.717) is 5.11 Å². The topological polar surface area (TPSA) is 24.1 Å². The summed E-state index contributed by atoms with van der Waals surface area (Å²) in [5.41, 5.74) is 2.42. The summed E-state index contributed by atoms with van der Waals surface area (Å²) < 4.78 is 0. The normalized spacial score (nSPS) is 11.7. The van der Waals surface area contributed by atoms with Crippen molar-refractivity contribution in [3.63, 3.8) is 0 Å². The van der Waals surface area contributed by atoms with E-state index in [0.717, 1.165) is 6.54 Å². The molecule has 0 fully saturated rings. The van der Waals surface area contributed by atoms with E-state index in [2.05, 4.69) is 64.5 Å². The van der Waals surface area contributed by atoms with Gasteiger partial charge >= 0.3 is 0 Å². The molecular weight excluding hydrogens is 320 g/mol. The van der Waals surface area contributed by atoms with E-state index in [1.165, 1.54) is 16.0 Å². The summed E-state index contributed by atoms with van der Waals surface area (Å²) in [5, 5.41) is 9.48. The van der Waals surface area contributed by atoms with E-state index in [9.17, 15) is 0 Å². The zero-order valence-corrected chi connectivity index (χ0v) is 14.2. The lowest BCUT2D eigenvalue weighted by molar-refractivity contribution is 0.747. The molecule has 2 nitrogen and oxygen atoms in total. The van der Waals surface area contributed by atoms with Crippen LogP contribution in [-0.4, -0.2) is 5.11 Å². The van der Waals surface area contributed by atoms with Gasteiger partial charge in [-0.05, 0) is 34.8 Å². The minimum absolute atomic E-state index is 0.0759. The van der Waals surface area contributed by atoms with E-state index in [-0.39, 0.29) is 6.04 Å². The molecule has 1 atom stereocenters. The van der Waals surface area contributed by atoms with Gasteiger partial charge in [-0.2, -0.15) is 0 Å². The minimum Gasteiger partial charge on any atom is -0.359 e. The largest absolute Gasteiger partial charge is 0.359 e. The van der Waals surface area contributed by atoms with Gasteiger partial charge in [0, 0.05) is 11.4 Å². The first kappa shape index (κ1) is 15.7. The smallest absolute Gasteiger partial charge is 0.167 e. The number of thiophene rings is 1. The molecule has 0 amide bonds. The summed E-state index contributed by atoms with van der Waals surface area (Å²) in [6, 6.07) is 24.9. The van der Waals surface area contributed by atoms with Gasteiger partial charge in [-0.25, -0.2) is 0 Å². The van der Waals surface area contributed by atoms with Crippen LogP contribution < -0.4 is 10.6 Å². The SMILES string of the molecule is S=C(NCc1ccccc1)N[C@H](c1ccccc1)c1cccs1. The maximum Gasteiger partial charge on any atom is 0.167 e. The molecule has 3 aromatic rings. The molecule has 0 radical (unpaired) electrons. The first-order chi connectivity index (χ1) is 11.3. The van der Waals surface area contributed by atoms with Crippen LogP contribution in [0.3, 0.4) is 0 Å². The van der Waals surface area contributed by atoms with Crippen LogP contribution in [-0.2, 0) is 6.54 Å².